The highest BCUT2D eigenvalue weighted by molar-refractivity contribution is 9.10. The summed E-state index contributed by atoms with van der Waals surface area (Å²) in [6.07, 6.45) is 0. The molecule has 0 fully saturated rings. The Labute approximate surface area is 132 Å². The highest BCUT2D eigenvalue weighted by Crippen LogP contribution is 2.31. The number of aryl methyl sites for hydroxylation is 1. The van der Waals surface area contributed by atoms with Crippen molar-refractivity contribution in [1.82, 2.24) is 10.3 Å². The van der Waals surface area contributed by atoms with Gasteiger partial charge in [-0.3, -0.25) is 0 Å². The summed E-state index contributed by atoms with van der Waals surface area (Å²) in [7, 11) is 0. The first-order chi connectivity index (χ1) is 9.58. The summed E-state index contributed by atoms with van der Waals surface area (Å²) >= 11 is 9.35. The highest BCUT2D eigenvalue weighted by atomic mass is 79.9. The van der Waals surface area contributed by atoms with Crippen molar-refractivity contribution < 1.29 is 4.74 Å². The molecule has 0 aliphatic heterocycles. The van der Waals surface area contributed by atoms with Gasteiger partial charge in [-0.1, -0.05) is 18.5 Å². The molecule has 2 rings (SSSR count). The Hall–Kier alpha value is -1.10. The van der Waals surface area contributed by atoms with Gasteiger partial charge in [0.25, 0.3) is 0 Å². The molecule has 1 N–H and O–H groups in total. The Morgan fingerprint density at radius 3 is 2.80 bits per heavy atom. The predicted octanol–water partition coefficient (Wildman–Crippen LogP) is 4.71. The third-order valence-corrected chi connectivity index (χ3v) is 3.53. The van der Waals surface area contributed by atoms with Gasteiger partial charge in [-0.25, -0.2) is 4.98 Å². The number of hydrogen-bond donors (Lipinski definition) is 1. The maximum Gasteiger partial charge on any atom is 0.219 e. The predicted molar refractivity (Wildman–Crippen MR) is 85.6 cm³/mol. The second-order valence-electron chi connectivity index (χ2n) is 4.41. The van der Waals surface area contributed by atoms with Crippen LogP contribution in [0.15, 0.2) is 34.8 Å². The number of nitrogens with one attached hydrogen (secondary N) is 1. The maximum absolute atomic E-state index is 5.92. The van der Waals surface area contributed by atoms with E-state index in [9.17, 15) is 0 Å². The van der Waals surface area contributed by atoms with Crippen molar-refractivity contribution >= 4 is 27.5 Å². The number of halogens is 2. The molecule has 1 heterocycles. The van der Waals surface area contributed by atoms with Crippen molar-refractivity contribution in [2.75, 3.05) is 6.54 Å². The lowest BCUT2D eigenvalue weighted by atomic mass is 10.2. The van der Waals surface area contributed by atoms with Gasteiger partial charge >= 0.3 is 0 Å². The number of aromatic nitrogens is 1. The van der Waals surface area contributed by atoms with Gasteiger partial charge in [-0.15, -0.1) is 0 Å². The molecule has 0 spiro atoms. The van der Waals surface area contributed by atoms with Gasteiger partial charge in [0, 0.05) is 23.3 Å². The van der Waals surface area contributed by atoms with E-state index in [4.69, 9.17) is 16.3 Å². The van der Waals surface area contributed by atoms with Gasteiger partial charge in [0.05, 0.1) is 4.47 Å². The largest absolute Gasteiger partial charge is 0.438 e. The van der Waals surface area contributed by atoms with Crippen LogP contribution in [0.25, 0.3) is 0 Å². The minimum atomic E-state index is 0.584. The van der Waals surface area contributed by atoms with Crippen LogP contribution in [0.2, 0.25) is 5.02 Å². The number of rotatable bonds is 5. The summed E-state index contributed by atoms with van der Waals surface area (Å²) in [5, 5.41) is 3.95. The van der Waals surface area contributed by atoms with E-state index in [0.29, 0.717) is 16.7 Å². The molecule has 0 bridgehead atoms. The fourth-order valence-corrected chi connectivity index (χ4v) is 2.56. The monoisotopic (exact) mass is 354 g/mol. The van der Waals surface area contributed by atoms with Crippen LogP contribution in [-0.2, 0) is 6.54 Å². The van der Waals surface area contributed by atoms with Gasteiger partial charge in [0.2, 0.25) is 5.88 Å². The molecule has 1 aromatic heterocycles. The Balaban J connectivity index is 2.21. The van der Waals surface area contributed by atoms with Crippen LogP contribution in [0.5, 0.6) is 11.6 Å². The quantitative estimate of drug-likeness (QED) is 0.843. The van der Waals surface area contributed by atoms with E-state index >= 15 is 0 Å². The van der Waals surface area contributed by atoms with E-state index in [1.807, 2.05) is 25.1 Å². The summed E-state index contributed by atoms with van der Waals surface area (Å²) in [6, 6.07) is 9.40. The van der Waals surface area contributed by atoms with Gasteiger partial charge in [-0.05, 0) is 59.2 Å². The lowest BCUT2D eigenvalue weighted by molar-refractivity contribution is 0.457. The molecule has 0 saturated heterocycles. The van der Waals surface area contributed by atoms with E-state index in [1.165, 1.54) is 0 Å². The third-order valence-electron chi connectivity index (χ3n) is 2.68. The summed E-state index contributed by atoms with van der Waals surface area (Å²) in [6.45, 7) is 5.77. The molecule has 0 aliphatic carbocycles. The van der Waals surface area contributed by atoms with Crippen LogP contribution in [0, 0.1) is 6.92 Å². The van der Waals surface area contributed by atoms with E-state index in [0.717, 1.165) is 28.8 Å². The second-order valence-corrected chi connectivity index (χ2v) is 5.70. The Bertz CT molecular complexity index is 604. The average molecular weight is 356 g/mol. The number of nitrogens with zero attached hydrogens (tertiary/aromatic N) is 1. The fourth-order valence-electron chi connectivity index (χ4n) is 1.80. The highest BCUT2D eigenvalue weighted by Gasteiger charge is 2.06. The topological polar surface area (TPSA) is 34.2 Å². The molecular weight excluding hydrogens is 340 g/mol. The summed E-state index contributed by atoms with van der Waals surface area (Å²) in [5.74, 6) is 1.28. The molecule has 106 valence electrons. The van der Waals surface area contributed by atoms with E-state index in [-0.39, 0.29) is 0 Å². The van der Waals surface area contributed by atoms with Gasteiger partial charge in [0.15, 0.2) is 0 Å². The Kier molecular flexibility index (Phi) is 5.40. The maximum atomic E-state index is 5.92. The fraction of sp³-hybridized carbons (Fsp3) is 0.267. The van der Waals surface area contributed by atoms with Crippen molar-refractivity contribution in [3.63, 3.8) is 0 Å². The molecule has 20 heavy (non-hydrogen) atoms. The lowest BCUT2D eigenvalue weighted by Crippen LogP contribution is -2.12. The standard InChI is InChI=1S/C15H16BrClN2O/c1-3-18-9-11-6-10(2)19-15(7-11)20-14-5-4-12(17)8-13(14)16/h4-8,18H,3,9H2,1-2H3. The number of benzene rings is 1. The van der Waals surface area contributed by atoms with E-state index < -0.39 is 0 Å². The van der Waals surface area contributed by atoms with Gasteiger partial charge in [0.1, 0.15) is 5.75 Å². The molecule has 0 atom stereocenters. The minimum Gasteiger partial charge on any atom is -0.438 e. The molecular formula is C15H16BrClN2O. The summed E-state index contributed by atoms with van der Waals surface area (Å²) in [4.78, 5) is 4.40. The van der Waals surface area contributed by atoms with E-state index in [1.54, 1.807) is 12.1 Å². The zero-order chi connectivity index (χ0) is 14.5. The molecule has 2 aromatic rings. The summed E-state index contributed by atoms with van der Waals surface area (Å²) in [5.41, 5.74) is 2.08. The molecule has 0 aliphatic rings. The van der Waals surface area contributed by atoms with Crippen LogP contribution < -0.4 is 10.1 Å². The third kappa shape index (κ3) is 4.20. The number of ether oxygens (including phenoxy) is 1. The van der Waals surface area contributed by atoms with E-state index in [2.05, 4.69) is 33.2 Å². The number of pyridine rings is 1. The number of hydrogen-bond acceptors (Lipinski definition) is 3. The summed E-state index contributed by atoms with van der Waals surface area (Å²) < 4.78 is 6.63. The van der Waals surface area contributed by atoms with Crippen molar-refractivity contribution in [2.45, 2.75) is 20.4 Å². The van der Waals surface area contributed by atoms with Crippen LogP contribution in [0.1, 0.15) is 18.2 Å². The molecule has 0 radical (unpaired) electrons. The van der Waals surface area contributed by atoms with Crippen LogP contribution in [0.4, 0.5) is 0 Å². The van der Waals surface area contributed by atoms with Crippen LogP contribution in [0.3, 0.4) is 0 Å². The normalized spacial score (nSPS) is 10.6. The molecule has 0 saturated carbocycles. The molecule has 1 aromatic carbocycles. The lowest BCUT2D eigenvalue weighted by Gasteiger charge is -2.10. The Morgan fingerprint density at radius 1 is 1.30 bits per heavy atom. The average Bonchev–Trinajstić information content (AvgIpc) is 2.39. The molecule has 5 heteroatoms. The molecule has 0 unspecified atom stereocenters. The smallest absolute Gasteiger partial charge is 0.219 e. The van der Waals surface area contributed by atoms with Gasteiger partial charge in [-0.2, -0.15) is 0 Å². The van der Waals surface area contributed by atoms with Crippen molar-refractivity contribution in [3.05, 3.63) is 51.1 Å². The molecule has 0 amide bonds. The molecule has 3 nitrogen and oxygen atoms in total. The second kappa shape index (κ2) is 7.07. The first-order valence-electron chi connectivity index (χ1n) is 6.39. The zero-order valence-electron chi connectivity index (χ0n) is 11.4. The zero-order valence-corrected chi connectivity index (χ0v) is 13.8. The first-order valence-corrected chi connectivity index (χ1v) is 7.56. The van der Waals surface area contributed by atoms with Gasteiger partial charge < -0.3 is 10.1 Å². The SMILES string of the molecule is CCNCc1cc(C)nc(Oc2ccc(Cl)cc2Br)c1. The van der Waals surface area contributed by atoms with Crippen LogP contribution >= 0.6 is 27.5 Å². The van der Waals surface area contributed by atoms with Crippen molar-refractivity contribution in [2.24, 2.45) is 0 Å². The Morgan fingerprint density at radius 2 is 2.10 bits per heavy atom. The van der Waals surface area contributed by atoms with Crippen molar-refractivity contribution in [1.29, 1.82) is 0 Å². The minimum absolute atomic E-state index is 0.584. The van der Waals surface area contributed by atoms with Crippen molar-refractivity contribution in [3.8, 4) is 11.6 Å². The van der Waals surface area contributed by atoms with Crippen LogP contribution in [-0.4, -0.2) is 11.5 Å². The first kappa shape index (κ1) is 15.3.